The van der Waals surface area contributed by atoms with Crippen LogP contribution in [0, 0.1) is 5.92 Å². The minimum atomic E-state index is -0.141. The molecule has 2 rings (SSSR count). The molecule has 7 heteroatoms. The van der Waals surface area contributed by atoms with Crippen molar-refractivity contribution in [1.29, 1.82) is 0 Å². The fraction of sp³-hybridized carbons (Fsp3) is 0.619. The summed E-state index contributed by atoms with van der Waals surface area (Å²) in [5, 5.41) is 2.86. The van der Waals surface area contributed by atoms with E-state index in [9.17, 15) is 9.59 Å². The molecule has 0 radical (unpaired) electrons. The van der Waals surface area contributed by atoms with Crippen LogP contribution in [0.25, 0.3) is 0 Å². The summed E-state index contributed by atoms with van der Waals surface area (Å²) in [5.41, 5.74) is 0.918. The van der Waals surface area contributed by atoms with Gasteiger partial charge in [0.2, 0.25) is 11.8 Å². The molecule has 0 unspecified atom stereocenters. The Kier molecular flexibility index (Phi) is 9.07. The summed E-state index contributed by atoms with van der Waals surface area (Å²) in [6.07, 6.45) is 1.38. The molecule has 7 nitrogen and oxygen atoms in total. The van der Waals surface area contributed by atoms with E-state index in [4.69, 9.17) is 14.2 Å². The van der Waals surface area contributed by atoms with Gasteiger partial charge in [0.1, 0.15) is 0 Å². The zero-order valence-electron chi connectivity index (χ0n) is 17.2. The van der Waals surface area contributed by atoms with E-state index in [-0.39, 0.29) is 24.7 Å². The summed E-state index contributed by atoms with van der Waals surface area (Å²) in [7, 11) is 1.60. The second kappa shape index (κ2) is 11.5. The predicted molar refractivity (Wildman–Crippen MR) is 106 cm³/mol. The number of nitrogens with zero attached hydrogens (tertiary/aromatic N) is 1. The zero-order valence-corrected chi connectivity index (χ0v) is 17.2. The van der Waals surface area contributed by atoms with Crippen molar-refractivity contribution in [2.45, 2.75) is 39.7 Å². The Morgan fingerprint density at radius 3 is 2.61 bits per heavy atom. The highest BCUT2D eigenvalue weighted by Crippen LogP contribution is 2.28. The van der Waals surface area contributed by atoms with E-state index in [0.717, 1.165) is 12.0 Å². The van der Waals surface area contributed by atoms with Crippen LogP contribution in [-0.4, -0.2) is 56.7 Å². The number of amides is 2. The molecule has 1 aliphatic heterocycles. The third-order valence-electron chi connectivity index (χ3n) is 4.60. The van der Waals surface area contributed by atoms with Gasteiger partial charge in [0.05, 0.1) is 26.9 Å². The molecule has 1 saturated heterocycles. The number of carbonyl (C=O) groups excluding carboxylic acids is 2. The van der Waals surface area contributed by atoms with Crippen LogP contribution in [0.5, 0.6) is 11.5 Å². The zero-order chi connectivity index (χ0) is 20.4. The van der Waals surface area contributed by atoms with Crippen LogP contribution in [0.1, 0.15) is 38.7 Å². The first kappa shape index (κ1) is 22.0. The van der Waals surface area contributed by atoms with Crippen molar-refractivity contribution < 1.29 is 23.8 Å². The van der Waals surface area contributed by atoms with Gasteiger partial charge in [0.25, 0.3) is 0 Å². The van der Waals surface area contributed by atoms with Crippen molar-refractivity contribution >= 4 is 11.8 Å². The Morgan fingerprint density at radius 2 is 1.93 bits per heavy atom. The number of morpholine rings is 1. The van der Waals surface area contributed by atoms with Crippen molar-refractivity contribution in [1.82, 2.24) is 10.2 Å². The molecular formula is C21H32N2O5. The molecule has 0 spiro atoms. The lowest BCUT2D eigenvalue weighted by Gasteiger charge is -2.26. The largest absolute Gasteiger partial charge is 0.493 e. The molecule has 28 heavy (non-hydrogen) atoms. The van der Waals surface area contributed by atoms with Crippen molar-refractivity contribution in [3.05, 3.63) is 23.8 Å². The van der Waals surface area contributed by atoms with Crippen LogP contribution >= 0.6 is 0 Å². The van der Waals surface area contributed by atoms with Crippen molar-refractivity contribution in [2.75, 3.05) is 40.0 Å². The first-order chi connectivity index (χ1) is 13.5. The summed E-state index contributed by atoms with van der Waals surface area (Å²) < 4.78 is 16.4. The molecule has 2 amide bonds. The Bertz CT molecular complexity index is 642. The average molecular weight is 392 g/mol. The first-order valence-electron chi connectivity index (χ1n) is 9.91. The van der Waals surface area contributed by atoms with Crippen LogP contribution in [0.3, 0.4) is 0 Å². The number of methoxy groups -OCH3 is 1. The predicted octanol–water partition coefficient (Wildman–Crippen LogP) is 2.38. The Morgan fingerprint density at radius 1 is 1.18 bits per heavy atom. The van der Waals surface area contributed by atoms with Gasteiger partial charge in [-0.1, -0.05) is 19.9 Å². The Hall–Kier alpha value is -2.28. The van der Waals surface area contributed by atoms with Gasteiger partial charge >= 0.3 is 0 Å². The molecule has 1 aliphatic rings. The monoisotopic (exact) mass is 392 g/mol. The van der Waals surface area contributed by atoms with Gasteiger partial charge in [-0.25, -0.2) is 0 Å². The first-order valence-corrected chi connectivity index (χ1v) is 9.91. The maximum Gasteiger partial charge on any atom is 0.223 e. The highest BCUT2D eigenvalue weighted by Gasteiger charge is 2.17. The fourth-order valence-corrected chi connectivity index (χ4v) is 2.83. The van der Waals surface area contributed by atoms with E-state index in [0.29, 0.717) is 56.9 Å². The number of benzene rings is 1. The maximum atomic E-state index is 12.1. The second-order valence-corrected chi connectivity index (χ2v) is 7.29. The lowest BCUT2D eigenvalue weighted by molar-refractivity contribution is -0.137. The van der Waals surface area contributed by atoms with Gasteiger partial charge in [-0.2, -0.15) is 0 Å². The molecule has 1 fully saturated rings. The minimum absolute atomic E-state index is 0.00279. The number of nitrogens with one attached hydrogen (secondary N) is 1. The van der Waals surface area contributed by atoms with Gasteiger partial charge in [-0.3, -0.25) is 9.59 Å². The van der Waals surface area contributed by atoms with E-state index in [1.807, 2.05) is 18.2 Å². The maximum absolute atomic E-state index is 12.1. The summed E-state index contributed by atoms with van der Waals surface area (Å²) in [5.74, 6) is 1.80. The molecule has 0 atom stereocenters. The van der Waals surface area contributed by atoms with E-state index in [2.05, 4.69) is 19.2 Å². The lowest BCUT2D eigenvalue weighted by atomic mass is 10.1. The third-order valence-corrected chi connectivity index (χ3v) is 4.60. The summed E-state index contributed by atoms with van der Waals surface area (Å²) in [4.78, 5) is 25.9. The number of carbonyl (C=O) groups is 2. The number of hydrogen-bond acceptors (Lipinski definition) is 5. The SMILES string of the molecule is COc1cc(CNC(=O)CCC(=O)N2CCOCC2)ccc1OCCC(C)C. The van der Waals surface area contributed by atoms with E-state index in [1.54, 1.807) is 12.0 Å². The highest BCUT2D eigenvalue weighted by atomic mass is 16.5. The average Bonchev–Trinajstić information content (AvgIpc) is 2.71. The summed E-state index contributed by atoms with van der Waals surface area (Å²) >= 11 is 0. The third kappa shape index (κ3) is 7.38. The van der Waals surface area contributed by atoms with Crippen LogP contribution in [0.2, 0.25) is 0 Å². The van der Waals surface area contributed by atoms with E-state index in [1.165, 1.54) is 0 Å². The smallest absolute Gasteiger partial charge is 0.223 e. The Labute approximate surface area is 167 Å². The van der Waals surface area contributed by atoms with Crippen molar-refractivity contribution in [3.8, 4) is 11.5 Å². The molecule has 1 aromatic rings. The molecular weight excluding hydrogens is 360 g/mol. The summed E-state index contributed by atoms with van der Waals surface area (Å²) in [6, 6.07) is 5.64. The van der Waals surface area contributed by atoms with Gasteiger partial charge in [-0.05, 0) is 30.0 Å². The molecule has 1 aromatic carbocycles. The minimum Gasteiger partial charge on any atom is -0.493 e. The molecule has 0 saturated carbocycles. The standard InChI is InChI=1S/C21H32N2O5/c1-16(2)8-11-28-18-5-4-17(14-19(18)26-3)15-22-20(24)6-7-21(25)23-9-12-27-13-10-23/h4-5,14,16H,6-13,15H2,1-3H3,(H,22,24). The summed E-state index contributed by atoms with van der Waals surface area (Å²) in [6.45, 7) is 7.67. The van der Waals surface area contributed by atoms with Crippen molar-refractivity contribution in [3.63, 3.8) is 0 Å². The van der Waals surface area contributed by atoms with Crippen LogP contribution in [-0.2, 0) is 20.9 Å². The topological polar surface area (TPSA) is 77.1 Å². The van der Waals surface area contributed by atoms with E-state index >= 15 is 0 Å². The molecule has 1 heterocycles. The fourth-order valence-electron chi connectivity index (χ4n) is 2.83. The quantitative estimate of drug-likeness (QED) is 0.662. The molecule has 156 valence electrons. The number of ether oxygens (including phenoxy) is 3. The van der Waals surface area contributed by atoms with E-state index < -0.39 is 0 Å². The van der Waals surface area contributed by atoms with Crippen LogP contribution in [0.15, 0.2) is 18.2 Å². The number of hydrogen-bond donors (Lipinski definition) is 1. The number of rotatable bonds is 10. The molecule has 0 bridgehead atoms. The van der Waals surface area contributed by atoms with Gasteiger partial charge < -0.3 is 24.4 Å². The lowest BCUT2D eigenvalue weighted by Crippen LogP contribution is -2.41. The molecule has 0 aliphatic carbocycles. The normalized spacial score (nSPS) is 14.1. The van der Waals surface area contributed by atoms with Gasteiger partial charge in [0, 0.05) is 32.5 Å². The van der Waals surface area contributed by atoms with Crippen molar-refractivity contribution in [2.24, 2.45) is 5.92 Å². The molecule has 1 N–H and O–H groups in total. The van der Waals surface area contributed by atoms with Crippen LogP contribution in [0.4, 0.5) is 0 Å². The second-order valence-electron chi connectivity index (χ2n) is 7.29. The van der Waals surface area contributed by atoms with Gasteiger partial charge in [-0.15, -0.1) is 0 Å². The Balaban J connectivity index is 1.76. The highest BCUT2D eigenvalue weighted by molar-refractivity contribution is 5.83. The molecule has 0 aromatic heterocycles. The van der Waals surface area contributed by atoms with Gasteiger partial charge in [0.15, 0.2) is 11.5 Å². The van der Waals surface area contributed by atoms with Crippen LogP contribution < -0.4 is 14.8 Å².